The van der Waals surface area contributed by atoms with Crippen LogP contribution in [0.1, 0.15) is 31.3 Å². The van der Waals surface area contributed by atoms with Crippen LogP contribution < -0.4 is 10.1 Å². The first kappa shape index (κ1) is 21.9. The lowest BCUT2D eigenvalue weighted by molar-refractivity contribution is 0.0860. The van der Waals surface area contributed by atoms with Crippen molar-refractivity contribution in [1.29, 1.82) is 0 Å². The van der Waals surface area contributed by atoms with Gasteiger partial charge in [-0.1, -0.05) is 44.2 Å². The van der Waals surface area contributed by atoms with Gasteiger partial charge in [0.15, 0.2) is 11.4 Å². The molecule has 1 heterocycles. The summed E-state index contributed by atoms with van der Waals surface area (Å²) in [7, 11) is 0. The Labute approximate surface area is 178 Å². The van der Waals surface area contributed by atoms with Gasteiger partial charge in [-0.2, -0.15) is 0 Å². The summed E-state index contributed by atoms with van der Waals surface area (Å²) in [6.45, 7) is 8.89. The molecule has 1 amide bonds. The number of aliphatic hydroxyl groups excluding tert-OH is 1. The van der Waals surface area contributed by atoms with Crippen molar-refractivity contribution in [2.24, 2.45) is 0 Å². The average molecular weight is 410 g/mol. The summed E-state index contributed by atoms with van der Waals surface area (Å²) in [5.41, 5.74) is 2.23. The summed E-state index contributed by atoms with van der Waals surface area (Å²) >= 11 is 0. The lowest BCUT2D eigenvalue weighted by Crippen LogP contribution is -2.40. The highest BCUT2D eigenvalue weighted by Crippen LogP contribution is 2.35. The quantitative estimate of drug-likeness (QED) is 0.538. The highest BCUT2D eigenvalue weighted by Gasteiger charge is 2.25. The first-order valence-corrected chi connectivity index (χ1v) is 10.6. The van der Waals surface area contributed by atoms with Gasteiger partial charge in [0.25, 0.3) is 5.91 Å². The van der Waals surface area contributed by atoms with E-state index in [1.807, 2.05) is 66.1 Å². The number of para-hydroxylation sites is 2. The number of benzene rings is 2. The maximum atomic E-state index is 13.3. The number of ether oxygens (including phenoxy) is 1. The molecule has 0 fully saturated rings. The van der Waals surface area contributed by atoms with E-state index in [0.717, 1.165) is 29.7 Å². The fourth-order valence-corrected chi connectivity index (χ4v) is 3.69. The van der Waals surface area contributed by atoms with Gasteiger partial charge in [0.1, 0.15) is 0 Å². The summed E-state index contributed by atoms with van der Waals surface area (Å²) in [6.07, 6.45) is -0.640. The van der Waals surface area contributed by atoms with Gasteiger partial charge in [-0.3, -0.25) is 4.79 Å². The molecule has 2 N–H and O–H groups in total. The molecule has 30 heavy (non-hydrogen) atoms. The first-order chi connectivity index (χ1) is 14.6. The molecular weight excluding hydrogens is 378 g/mol. The zero-order valence-electron chi connectivity index (χ0n) is 18.0. The number of fused-ring (bicyclic) bond motifs is 1. The van der Waals surface area contributed by atoms with E-state index in [-0.39, 0.29) is 12.5 Å². The lowest BCUT2D eigenvalue weighted by Gasteiger charge is -2.22. The minimum absolute atomic E-state index is 0.178. The fraction of sp³-hybridized carbons (Fsp3) is 0.375. The van der Waals surface area contributed by atoms with E-state index in [2.05, 4.69) is 24.1 Å². The largest absolute Gasteiger partial charge is 0.491 e. The molecule has 3 rings (SSSR count). The van der Waals surface area contributed by atoms with Crippen LogP contribution in [0.2, 0.25) is 0 Å². The Balaban J connectivity index is 1.97. The highest BCUT2D eigenvalue weighted by atomic mass is 16.5. The summed E-state index contributed by atoms with van der Waals surface area (Å²) in [6, 6.07) is 17.6. The Hall–Kier alpha value is -2.83. The molecule has 160 valence electrons. The number of hydrogen-bond donors (Lipinski definition) is 2. The molecule has 0 radical (unpaired) electrons. The standard InChI is InChI=1S/C24H31N3O3/c1-4-26(5-2)17-19(28)16-25-24(29)22-23(30-6-3)20-14-10-11-15-21(20)27(22)18-12-8-7-9-13-18/h7-15,19,28H,4-6,16-17H2,1-3H3,(H,25,29). The van der Waals surface area contributed by atoms with E-state index >= 15 is 0 Å². The molecule has 0 bridgehead atoms. The number of aromatic nitrogens is 1. The Morgan fingerprint density at radius 3 is 2.40 bits per heavy atom. The highest BCUT2D eigenvalue weighted by molar-refractivity contribution is 6.05. The molecule has 0 spiro atoms. The molecule has 1 atom stereocenters. The van der Waals surface area contributed by atoms with Gasteiger partial charge in [0.2, 0.25) is 0 Å². The van der Waals surface area contributed by atoms with E-state index in [1.165, 1.54) is 0 Å². The Morgan fingerprint density at radius 2 is 1.73 bits per heavy atom. The summed E-state index contributed by atoms with van der Waals surface area (Å²) in [4.78, 5) is 15.4. The molecule has 2 aromatic carbocycles. The molecular formula is C24H31N3O3. The van der Waals surface area contributed by atoms with Crippen molar-refractivity contribution in [3.63, 3.8) is 0 Å². The van der Waals surface area contributed by atoms with Gasteiger partial charge >= 0.3 is 0 Å². The van der Waals surface area contributed by atoms with Gasteiger partial charge in [-0.05, 0) is 44.3 Å². The summed E-state index contributed by atoms with van der Waals surface area (Å²) in [5.74, 6) is 0.296. The Bertz CT molecular complexity index is 964. The second-order valence-electron chi connectivity index (χ2n) is 7.15. The molecule has 6 heteroatoms. The normalized spacial score (nSPS) is 12.3. The van der Waals surface area contributed by atoms with E-state index in [1.54, 1.807) is 0 Å². The van der Waals surface area contributed by atoms with Crippen LogP contribution in [0, 0.1) is 0 Å². The number of aliphatic hydroxyl groups is 1. The van der Waals surface area contributed by atoms with Gasteiger partial charge in [-0.15, -0.1) is 0 Å². The van der Waals surface area contributed by atoms with Gasteiger partial charge in [0.05, 0.1) is 18.2 Å². The van der Waals surface area contributed by atoms with E-state index in [9.17, 15) is 9.90 Å². The number of likely N-dealkylation sites (N-methyl/N-ethyl adjacent to an activating group) is 1. The molecule has 0 aliphatic rings. The molecule has 1 aromatic heterocycles. The zero-order chi connectivity index (χ0) is 21.5. The third kappa shape index (κ3) is 4.66. The average Bonchev–Trinajstić information content (AvgIpc) is 3.11. The minimum Gasteiger partial charge on any atom is -0.491 e. The van der Waals surface area contributed by atoms with Gasteiger partial charge in [0, 0.05) is 24.2 Å². The smallest absolute Gasteiger partial charge is 0.272 e. The molecule has 1 unspecified atom stereocenters. The van der Waals surface area contributed by atoms with Crippen molar-refractivity contribution in [2.45, 2.75) is 26.9 Å². The molecule has 6 nitrogen and oxygen atoms in total. The van der Waals surface area contributed by atoms with E-state index in [4.69, 9.17) is 4.74 Å². The lowest BCUT2D eigenvalue weighted by atomic mass is 10.2. The number of carbonyl (C=O) groups is 1. The minimum atomic E-state index is -0.640. The zero-order valence-corrected chi connectivity index (χ0v) is 18.0. The third-order valence-electron chi connectivity index (χ3n) is 5.21. The second kappa shape index (κ2) is 10.3. The van der Waals surface area contributed by atoms with Crippen LogP contribution in [0.3, 0.4) is 0 Å². The van der Waals surface area contributed by atoms with Crippen molar-refractivity contribution in [1.82, 2.24) is 14.8 Å². The Morgan fingerprint density at radius 1 is 1.07 bits per heavy atom. The van der Waals surface area contributed by atoms with Gasteiger partial charge < -0.3 is 24.6 Å². The number of amides is 1. The monoisotopic (exact) mass is 409 g/mol. The topological polar surface area (TPSA) is 66.7 Å². The van der Waals surface area contributed by atoms with Crippen LogP contribution >= 0.6 is 0 Å². The van der Waals surface area contributed by atoms with Gasteiger partial charge in [-0.25, -0.2) is 0 Å². The van der Waals surface area contributed by atoms with Crippen LogP contribution in [0.25, 0.3) is 16.6 Å². The molecule has 0 aliphatic heterocycles. The second-order valence-corrected chi connectivity index (χ2v) is 7.15. The number of carbonyl (C=O) groups excluding carboxylic acids is 1. The summed E-state index contributed by atoms with van der Waals surface area (Å²) in [5, 5.41) is 14.2. The van der Waals surface area contributed by atoms with Crippen LogP contribution in [0.4, 0.5) is 0 Å². The molecule has 0 saturated heterocycles. The Kier molecular flexibility index (Phi) is 7.49. The van der Waals surface area contributed by atoms with Crippen LogP contribution in [-0.4, -0.2) is 59.4 Å². The van der Waals surface area contributed by atoms with Crippen molar-refractivity contribution in [3.05, 3.63) is 60.3 Å². The molecule has 0 aliphatic carbocycles. The van der Waals surface area contributed by atoms with Crippen LogP contribution in [0.15, 0.2) is 54.6 Å². The predicted molar refractivity (Wildman–Crippen MR) is 121 cm³/mol. The maximum Gasteiger partial charge on any atom is 0.272 e. The number of nitrogens with zero attached hydrogens (tertiary/aromatic N) is 2. The molecule has 0 saturated carbocycles. The third-order valence-corrected chi connectivity index (χ3v) is 5.21. The SMILES string of the molecule is CCOc1c(C(=O)NCC(O)CN(CC)CC)n(-c2ccccc2)c2ccccc12. The van der Waals surface area contributed by atoms with Crippen molar-refractivity contribution in [3.8, 4) is 11.4 Å². The molecule has 3 aromatic rings. The number of hydrogen-bond acceptors (Lipinski definition) is 4. The van der Waals surface area contributed by atoms with Crippen LogP contribution in [0.5, 0.6) is 5.75 Å². The number of rotatable bonds is 10. The van der Waals surface area contributed by atoms with Crippen LogP contribution in [-0.2, 0) is 0 Å². The number of nitrogens with one attached hydrogen (secondary N) is 1. The van der Waals surface area contributed by atoms with E-state index < -0.39 is 6.10 Å². The fourth-order valence-electron chi connectivity index (χ4n) is 3.69. The summed E-state index contributed by atoms with van der Waals surface area (Å²) < 4.78 is 7.85. The van der Waals surface area contributed by atoms with Crippen molar-refractivity contribution >= 4 is 16.8 Å². The van der Waals surface area contributed by atoms with Crippen molar-refractivity contribution in [2.75, 3.05) is 32.8 Å². The predicted octanol–water partition coefficient (Wildman–Crippen LogP) is 3.46. The van der Waals surface area contributed by atoms with E-state index in [0.29, 0.717) is 24.6 Å². The maximum absolute atomic E-state index is 13.3. The van der Waals surface area contributed by atoms with Crippen molar-refractivity contribution < 1.29 is 14.6 Å². The first-order valence-electron chi connectivity index (χ1n) is 10.6.